The van der Waals surface area contributed by atoms with Crippen LogP contribution in [0, 0.1) is 0 Å². The van der Waals surface area contributed by atoms with E-state index in [1.54, 1.807) is 0 Å². The molecule has 2 aliphatic rings. The second-order valence-corrected chi connectivity index (χ2v) is 6.63. The second-order valence-electron chi connectivity index (χ2n) is 6.63. The van der Waals surface area contributed by atoms with E-state index in [9.17, 15) is 4.79 Å². The molecule has 1 aliphatic carbocycles. The summed E-state index contributed by atoms with van der Waals surface area (Å²) in [6, 6.07) is 0. The summed E-state index contributed by atoms with van der Waals surface area (Å²) in [5, 5.41) is 3.12. The van der Waals surface area contributed by atoms with E-state index in [1.807, 2.05) is 20.8 Å². The van der Waals surface area contributed by atoms with Gasteiger partial charge in [-0.3, -0.25) is 0 Å². The van der Waals surface area contributed by atoms with Crippen LogP contribution in [0.3, 0.4) is 0 Å². The maximum absolute atomic E-state index is 12.0. The van der Waals surface area contributed by atoms with E-state index >= 15 is 0 Å². The Labute approximate surface area is 109 Å². The minimum absolute atomic E-state index is 0.0955. The zero-order chi connectivity index (χ0) is 13.2. The lowest BCUT2D eigenvalue weighted by molar-refractivity contribution is 0.0409. The summed E-state index contributed by atoms with van der Waals surface area (Å²) in [7, 11) is 0. The third kappa shape index (κ3) is 4.16. The lowest BCUT2D eigenvalue weighted by atomic mass is 9.78. The van der Waals surface area contributed by atoms with Crippen molar-refractivity contribution in [1.82, 2.24) is 5.32 Å². The number of ether oxygens (including phenoxy) is 2. The lowest BCUT2D eigenvalue weighted by Crippen LogP contribution is -2.52. The monoisotopic (exact) mass is 255 g/mol. The quantitative estimate of drug-likeness (QED) is 0.789. The summed E-state index contributed by atoms with van der Waals surface area (Å²) in [5.41, 5.74) is -0.530. The molecular formula is C14H25NO3. The van der Waals surface area contributed by atoms with Crippen LogP contribution in [-0.4, -0.2) is 29.9 Å². The molecule has 1 saturated carbocycles. The van der Waals surface area contributed by atoms with Gasteiger partial charge in [-0.25, -0.2) is 4.79 Å². The number of carbonyl (C=O) groups is 1. The Morgan fingerprint density at radius 3 is 2.44 bits per heavy atom. The Bertz CT molecular complexity index is 299. The highest BCUT2D eigenvalue weighted by atomic mass is 16.6. The molecule has 0 aromatic carbocycles. The Kier molecular flexibility index (Phi) is 3.85. The van der Waals surface area contributed by atoms with Gasteiger partial charge in [0.05, 0.1) is 12.7 Å². The van der Waals surface area contributed by atoms with Crippen molar-refractivity contribution in [2.24, 2.45) is 0 Å². The minimum Gasteiger partial charge on any atom is -0.444 e. The van der Waals surface area contributed by atoms with Crippen LogP contribution in [0.4, 0.5) is 4.79 Å². The molecule has 104 valence electrons. The SMILES string of the molecule is CC(C)(C)OC(=O)NC1(CC2CO2)CCCCC1. The van der Waals surface area contributed by atoms with Crippen molar-refractivity contribution in [2.75, 3.05) is 6.61 Å². The first-order valence-electron chi connectivity index (χ1n) is 7.01. The van der Waals surface area contributed by atoms with Crippen LogP contribution in [0.15, 0.2) is 0 Å². The summed E-state index contributed by atoms with van der Waals surface area (Å²) in [6.07, 6.45) is 6.72. The second kappa shape index (κ2) is 5.08. The highest BCUT2D eigenvalue weighted by molar-refractivity contribution is 5.68. The lowest BCUT2D eigenvalue weighted by Gasteiger charge is -2.38. The van der Waals surface area contributed by atoms with Gasteiger partial charge in [0, 0.05) is 5.54 Å². The Morgan fingerprint density at radius 1 is 1.33 bits per heavy atom. The zero-order valence-electron chi connectivity index (χ0n) is 11.8. The van der Waals surface area contributed by atoms with E-state index < -0.39 is 5.60 Å². The van der Waals surface area contributed by atoms with Crippen LogP contribution in [0.5, 0.6) is 0 Å². The van der Waals surface area contributed by atoms with Gasteiger partial charge >= 0.3 is 6.09 Å². The van der Waals surface area contributed by atoms with Gasteiger partial charge in [0.2, 0.25) is 0 Å². The molecule has 1 saturated heterocycles. The number of epoxide rings is 1. The normalized spacial score (nSPS) is 26.5. The van der Waals surface area contributed by atoms with Gasteiger partial charge < -0.3 is 14.8 Å². The van der Waals surface area contributed by atoms with Crippen molar-refractivity contribution in [2.45, 2.75) is 76.5 Å². The van der Waals surface area contributed by atoms with E-state index in [2.05, 4.69) is 5.32 Å². The molecule has 1 atom stereocenters. The number of hydrogen-bond donors (Lipinski definition) is 1. The predicted octanol–water partition coefficient (Wildman–Crippen LogP) is 3.00. The maximum atomic E-state index is 12.0. The average Bonchev–Trinajstić information content (AvgIpc) is 2.99. The summed E-state index contributed by atoms with van der Waals surface area (Å²) >= 11 is 0. The predicted molar refractivity (Wildman–Crippen MR) is 69.5 cm³/mol. The van der Waals surface area contributed by atoms with Gasteiger partial charge in [-0.1, -0.05) is 19.3 Å². The number of hydrogen-bond acceptors (Lipinski definition) is 3. The Hall–Kier alpha value is -0.770. The van der Waals surface area contributed by atoms with Gasteiger partial charge in [0.15, 0.2) is 0 Å². The van der Waals surface area contributed by atoms with Crippen LogP contribution in [0.25, 0.3) is 0 Å². The minimum atomic E-state index is -0.435. The van der Waals surface area contributed by atoms with Crippen LogP contribution in [0.1, 0.15) is 59.3 Å². The first-order chi connectivity index (χ1) is 8.39. The van der Waals surface area contributed by atoms with E-state index in [-0.39, 0.29) is 11.6 Å². The van der Waals surface area contributed by atoms with Crippen LogP contribution < -0.4 is 5.32 Å². The fraction of sp³-hybridized carbons (Fsp3) is 0.929. The molecule has 1 heterocycles. The highest BCUT2D eigenvalue weighted by Crippen LogP contribution is 2.35. The van der Waals surface area contributed by atoms with Crippen LogP contribution in [0.2, 0.25) is 0 Å². The molecule has 1 amide bonds. The standard InChI is InChI=1S/C14H25NO3/c1-13(2,3)18-12(16)15-14(9-11-10-17-11)7-5-4-6-8-14/h11H,4-10H2,1-3H3,(H,15,16). The van der Waals surface area contributed by atoms with Gasteiger partial charge in [0.25, 0.3) is 0 Å². The molecule has 1 unspecified atom stereocenters. The molecule has 1 N–H and O–H groups in total. The maximum Gasteiger partial charge on any atom is 0.408 e. The molecule has 4 heteroatoms. The molecule has 0 aromatic heterocycles. The Balaban J connectivity index is 1.93. The fourth-order valence-corrected chi connectivity index (χ4v) is 2.75. The van der Waals surface area contributed by atoms with Crippen molar-refractivity contribution in [3.05, 3.63) is 0 Å². The van der Waals surface area contributed by atoms with Crippen molar-refractivity contribution >= 4 is 6.09 Å². The number of amides is 1. The van der Waals surface area contributed by atoms with Crippen molar-refractivity contribution in [1.29, 1.82) is 0 Å². The summed E-state index contributed by atoms with van der Waals surface area (Å²) in [4.78, 5) is 12.0. The summed E-state index contributed by atoms with van der Waals surface area (Å²) in [6.45, 7) is 6.52. The third-order valence-corrected chi connectivity index (χ3v) is 3.60. The van der Waals surface area contributed by atoms with Gasteiger partial charge in [-0.2, -0.15) is 0 Å². The molecule has 0 radical (unpaired) electrons. The number of carbonyl (C=O) groups excluding carboxylic acids is 1. The van der Waals surface area contributed by atoms with Gasteiger partial charge in [-0.15, -0.1) is 0 Å². The number of nitrogens with one attached hydrogen (secondary N) is 1. The molecule has 2 fully saturated rings. The molecule has 0 bridgehead atoms. The van der Waals surface area contributed by atoms with E-state index in [0.29, 0.717) is 6.10 Å². The highest BCUT2D eigenvalue weighted by Gasteiger charge is 2.40. The molecular weight excluding hydrogens is 230 g/mol. The molecule has 1 aliphatic heterocycles. The third-order valence-electron chi connectivity index (χ3n) is 3.60. The van der Waals surface area contributed by atoms with Crippen LogP contribution >= 0.6 is 0 Å². The fourth-order valence-electron chi connectivity index (χ4n) is 2.75. The summed E-state index contributed by atoms with van der Waals surface area (Å²) < 4.78 is 10.7. The van der Waals surface area contributed by atoms with Crippen molar-refractivity contribution in [3.63, 3.8) is 0 Å². The summed E-state index contributed by atoms with van der Waals surface area (Å²) in [5.74, 6) is 0. The van der Waals surface area contributed by atoms with Crippen LogP contribution in [-0.2, 0) is 9.47 Å². The van der Waals surface area contributed by atoms with Crippen molar-refractivity contribution < 1.29 is 14.3 Å². The topological polar surface area (TPSA) is 50.9 Å². The number of rotatable bonds is 3. The zero-order valence-corrected chi connectivity index (χ0v) is 11.8. The van der Waals surface area contributed by atoms with E-state index in [1.165, 1.54) is 19.3 Å². The van der Waals surface area contributed by atoms with E-state index in [4.69, 9.17) is 9.47 Å². The molecule has 18 heavy (non-hydrogen) atoms. The molecule has 2 rings (SSSR count). The largest absolute Gasteiger partial charge is 0.444 e. The molecule has 0 spiro atoms. The first-order valence-corrected chi connectivity index (χ1v) is 7.01. The smallest absolute Gasteiger partial charge is 0.408 e. The molecule has 4 nitrogen and oxygen atoms in total. The average molecular weight is 255 g/mol. The number of alkyl carbamates (subject to hydrolysis) is 1. The Morgan fingerprint density at radius 2 is 1.94 bits per heavy atom. The van der Waals surface area contributed by atoms with Gasteiger partial charge in [0.1, 0.15) is 5.60 Å². The first kappa shape index (κ1) is 13.7. The van der Waals surface area contributed by atoms with E-state index in [0.717, 1.165) is 25.9 Å². The van der Waals surface area contributed by atoms with Gasteiger partial charge in [-0.05, 0) is 40.0 Å². The van der Waals surface area contributed by atoms with Crippen molar-refractivity contribution in [3.8, 4) is 0 Å². The molecule has 0 aromatic rings.